The van der Waals surface area contributed by atoms with Crippen molar-refractivity contribution >= 4 is 5.69 Å². The molecule has 3 nitrogen and oxygen atoms in total. The van der Waals surface area contributed by atoms with Crippen molar-refractivity contribution in [3.8, 4) is 11.4 Å². The fourth-order valence-electron chi connectivity index (χ4n) is 1.41. The summed E-state index contributed by atoms with van der Waals surface area (Å²) in [6.07, 6.45) is 0. The second kappa shape index (κ2) is 3.38. The van der Waals surface area contributed by atoms with Crippen molar-refractivity contribution in [3.05, 3.63) is 35.4 Å². The van der Waals surface area contributed by atoms with E-state index in [9.17, 15) is 4.39 Å². The second-order valence-corrected chi connectivity index (χ2v) is 3.53. The summed E-state index contributed by atoms with van der Waals surface area (Å²) in [5, 5.41) is 0. The summed E-state index contributed by atoms with van der Waals surface area (Å²) in [5.41, 5.74) is 8.74. The smallest absolute Gasteiger partial charge is 0.139 e. The van der Waals surface area contributed by atoms with E-state index in [-0.39, 0.29) is 5.82 Å². The maximum Gasteiger partial charge on any atom is 0.139 e. The molecule has 0 bridgehead atoms. The van der Waals surface area contributed by atoms with Crippen molar-refractivity contribution in [1.29, 1.82) is 0 Å². The number of aryl methyl sites for hydroxylation is 2. The van der Waals surface area contributed by atoms with Crippen molar-refractivity contribution < 1.29 is 4.39 Å². The van der Waals surface area contributed by atoms with Gasteiger partial charge >= 0.3 is 0 Å². The van der Waals surface area contributed by atoms with Crippen LogP contribution in [0, 0.1) is 19.7 Å². The van der Waals surface area contributed by atoms with Gasteiger partial charge in [0, 0.05) is 16.9 Å². The van der Waals surface area contributed by atoms with Gasteiger partial charge in [-0.1, -0.05) is 0 Å². The van der Waals surface area contributed by atoms with Gasteiger partial charge in [-0.05, 0) is 32.0 Å². The van der Waals surface area contributed by atoms with Gasteiger partial charge < -0.3 is 10.7 Å². The largest absolute Gasteiger partial charge is 0.398 e. The van der Waals surface area contributed by atoms with E-state index in [2.05, 4.69) is 9.97 Å². The van der Waals surface area contributed by atoms with Gasteiger partial charge in [-0.3, -0.25) is 0 Å². The van der Waals surface area contributed by atoms with Crippen LogP contribution in [0.15, 0.2) is 18.2 Å². The van der Waals surface area contributed by atoms with E-state index in [1.165, 1.54) is 18.2 Å². The summed E-state index contributed by atoms with van der Waals surface area (Å²) in [4.78, 5) is 7.35. The molecule has 0 amide bonds. The van der Waals surface area contributed by atoms with E-state index in [1.807, 2.05) is 13.8 Å². The molecule has 0 aliphatic heterocycles. The molecule has 0 fully saturated rings. The van der Waals surface area contributed by atoms with E-state index in [1.54, 1.807) is 0 Å². The predicted octanol–water partition coefficient (Wildman–Crippen LogP) is 2.41. The molecule has 15 heavy (non-hydrogen) atoms. The molecule has 0 saturated carbocycles. The summed E-state index contributed by atoms with van der Waals surface area (Å²) < 4.78 is 13.0. The van der Waals surface area contributed by atoms with Crippen LogP contribution in [0.4, 0.5) is 10.1 Å². The molecule has 1 heterocycles. The van der Waals surface area contributed by atoms with Crippen LogP contribution in [-0.4, -0.2) is 9.97 Å². The lowest BCUT2D eigenvalue weighted by Crippen LogP contribution is -1.92. The Morgan fingerprint density at radius 3 is 2.67 bits per heavy atom. The van der Waals surface area contributed by atoms with Crippen LogP contribution in [0.2, 0.25) is 0 Å². The number of anilines is 1. The molecule has 0 aliphatic rings. The first-order chi connectivity index (χ1) is 7.08. The van der Waals surface area contributed by atoms with Crippen molar-refractivity contribution in [2.24, 2.45) is 0 Å². The number of halogens is 1. The van der Waals surface area contributed by atoms with E-state index in [0.29, 0.717) is 17.1 Å². The molecule has 4 heteroatoms. The Labute approximate surface area is 87.2 Å². The molecule has 0 radical (unpaired) electrons. The minimum Gasteiger partial charge on any atom is -0.398 e. The number of rotatable bonds is 1. The third-order valence-electron chi connectivity index (χ3n) is 2.40. The van der Waals surface area contributed by atoms with Crippen molar-refractivity contribution in [1.82, 2.24) is 9.97 Å². The number of benzene rings is 1. The minimum atomic E-state index is -0.314. The monoisotopic (exact) mass is 205 g/mol. The topological polar surface area (TPSA) is 54.7 Å². The Morgan fingerprint density at radius 1 is 1.33 bits per heavy atom. The molecule has 2 aromatic rings. The number of hydrogen-bond acceptors (Lipinski definition) is 2. The highest BCUT2D eigenvalue weighted by molar-refractivity contribution is 5.71. The average Bonchev–Trinajstić information content (AvgIpc) is 2.51. The highest BCUT2D eigenvalue weighted by Crippen LogP contribution is 2.24. The number of aromatic amines is 1. The van der Waals surface area contributed by atoms with E-state index in [0.717, 1.165) is 11.4 Å². The highest BCUT2D eigenvalue weighted by Gasteiger charge is 2.09. The quantitative estimate of drug-likeness (QED) is 0.702. The molecule has 1 aromatic heterocycles. The van der Waals surface area contributed by atoms with Crippen LogP contribution in [0.3, 0.4) is 0 Å². The molecular formula is C11H12FN3. The molecule has 0 saturated heterocycles. The second-order valence-electron chi connectivity index (χ2n) is 3.53. The summed E-state index contributed by atoms with van der Waals surface area (Å²) in [7, 11) is 0. The molecule has 3 N–H and O–H groups in total. The normalized spacial score (nSPS) is 10.6. The lowest BCUT2D eigenvalue weighted by Gasteiger charge is -2.01. The number of H-pyrrole nitrogens is 1. The Morgan fingerprint density at radius 2 is 2.07 bits per heavy atom. The molecular weight excluding hydrogens is 193 g/mol. The number of nitrogens with one attached hydrogen (secondary N) is 1. The molecule has 0 unspecified atom stereocenters. The van der Waals surface area contributed by atoms with Gasteiger partial charge in [0.2, 0.25) is 0 Å². The fourth-order valence-corrected chi connectivity index (χ4v) is 1.41. The fraction of sp³-hybridized carbons (Fsp3) is 0.182. The summed E-state index contributed by atoms with van der Waals surface area (Å²) >= 11 is 0. The number of hydrogen-bond donors (Lipinski definition) is 2. The molecule has 78 valence electrons. The Bertz CT molecular complexity index is 483. The van der Waals surface area contributed by atoms with Crippen molar-refractivity contribution in [2.45, 2.75) is 13.8 Å². The standard InChI is InChI=1S/C11H12FN3/c1-6-7(2)15-11(14-6)9-5-8(12)3-4-10(9)13/h3-5H,13H2,1-2H3,(H,14,15). The van der Waals surface area contributed by atoms with Gasteiger partial charge in [0.1, 0.15) is 11.6 Å². The molecule has 0 atom stereocenters. The van der Waals surface area contributed by atoms with E-state index >= 15 is 0 Å². The first-order valence-electron chi connectivity index (χ1n) is 4.66. The van der Waals surface area contributed by atoms with Crippen LogP contribution < -0.4 is 5.73 Å². The zero-order valence-electron chi connectivity index (χ0n) is 8.63. The van der Waals surface area contributed by atoms with Crippen LogP contribution in [0.1, 0.15) is 11.4 Å². The predicted molar refractivity (Wildman–Crippen MR) is 57.9 cm³/mol. The summed E-state index contributed by atoms with van der Waals surface area (Å²) in [5.74, 6) is 0.299. The number of nitrogen functional groups attached to an aromatic ring is 1. The third kappa shape index (κ3) is 1.70. The molecule has 2 rings (SSSR count). The van der Waals surface area contributed by atoms with E-state index in [4.69, 9.17) is 5.73 Å². The van der Waals surface area contributed by atoms with Gasteiger partial charge in [0.15, 0.2) is 0 Å². The zero-order valence-corrected chi connectivity index (χ0v) is 8.63. The Hall–Kier alpha value is -1.84. The van der Waals surface area contributed by atoms with Crippen LogP contribution >= 0.6 is 0 Å². The van der Waals surface area contributed by atoms with E-state index < -0.39 is 0 Å². The Balaban J connectivity index is 2.58. The van der Waals surface area contributed by atoms with Gasteiger partial charge in [0.05, 0.1) is 5.69 Å². The number of nitrogens with zero attached hydrogens (tertiary/aromatic N) is 1. The van der Waals surface area contributed by atoms with Crippen LogP contribution in [0.25, 0.3) is 11.4 Å². The number of aromatic nitrogens is 2. The maximum absolute atomic E-state index is 13.0. The van der Waals surface area contributed by atoms with Gasteiger partial charge in [-0.2, -0.15) is 0 Å². The van der Waals surface area contributed by atoms with Gasteiger partial charge in [0.25, 0.3) is 0 Å². The average molecular weight is 205 g/mol. The maximum atomic E-state index is 13.0. The minimum absolute atomic E-state index is 0.314. The highest BCUT2D eigenvalue weighted by atomic mass is 19.1. The Kier molecular flexibility index (Phi) is 2.19. The molecule has 0 aliphatic carbocycles. The summed E-state index contributed by atoms with van der Waals surface area (Å²) in [6, 6.07) is 4.26. The molecule has 0 spiro atoms. The third-order valence-corrected chi connectivity index (χ3v) is 2.40. The van der Waals surface area contributed by atoms with Crippen molar-refractivity contribution in [2.75, 3.05) is 5.73 Å². The lowest BCUT2D eigenvalue weighted by atomic mass is 10.1. The van der Waals surface area contributed by atoms with Gasteiger partial charge in [-0.25, -0.2) is 9.37 Å². The first kappa shape index (κ1) is 9.71. The van der Waals surface area contributed by atoms with Crippen molar-refractivity contribution in [3.63, 3.8) is 0 Å². The van der Waals surface area contributed by atoms with Gasteiger partial charge in [-0.15, -0.1) is 0 Å². The summed E-state index contributed by atoms with van der Waals surface area (Å²) in [6.45, 7) is 3.81. The zero-order chi connectivity index (χ0) is 11.0. The number of imidazole rings is 1. The SMILES string of the molecule is Cc1nc(-c2cc(F)ccc2N)[nH]c1C. The first-order valence-corrected chi connectivity index (χ1v) is 4.66. The van der Waals surface area contributed by atoms with Crippen LogP contribution in [0.5, 0.6) is 0 Å². The number of nitrogens with two attached hydrogens (primary N) is 1. The molecule has 1 aromatic carbocycles. The lowest BCUT2D eigenvalue weighted by molar-refractivity contribution is 0.628. The van der Waals surface area contributed by atoms with Crippen LogP contribution in [-0.2, 0) is 0 Å².